The Hall–Kier alpha value is -1.77. The lowest BCUT2D eigenvalue weighted by Crippen LogP contribution is -2.58. The fraction of sp³-hybridized carbons (Fsp3) is 0.556. The second kappa shape index (κ2) is 12.4. The van der Waals surface area contributed by atoms with E-state index in [9.17, 15) is 0 Å². The Morgan fingerprint density at radius 1 is 0.541 bits per heavy atom. The van der Waals surface area contributed by atoms with Crippen LogP contribution in [0.5, 0.6) is 0 Å². The zero-order valence-electron chi connectivity index (χ0n) is 23.2. The molecule has 0 saturated carbocycles. The van der Waals surface area contributed by atoms with Crippen LogP contribution in [0.15, 0.2) is 36.4 Å². The van der Waals surface area contributed by atoms with Gasteiger partial charge in [0.2, 0.25) is 0 Å². The van der Waals surface area contributed by atoms with Crippen molar-refractivity contribution >= 4 is 39.4 Å². The molecule has 2 aliphatic rings. The monoisotopic (exact) mass is 546 g/mol. The zero-order chi connectivity index (χ0) is 26.5. The van der Waals surface area contributed by atoms with Crippen molar-refractivity contribution in [3.05, 3.63) is 47.5 Å². The van der Waals surface area contributed by atoms with Crippen LogP contribution >= 0.6 is 0 Å². The van der Waals surface area contributed by atoms with Crippen molar-refractivity contribution in [2.45, 2.75) is 54.6 Å². The highest BCUT2D eigenvalue weighted by molar-refractivity contribution is 6.76. The van der Waals surface area contributed by atoms with Crippen LogP contribution in [0.3, 0.4) is 0 Å². The average molecular weight is 547 g/mol. The van der Waals surface area contributed by atoms with Gasteiger partial charge in [0.1, 0.15) is 0 Å². The molecule has 0 spiro atoms. The minimum atomic E-state index is -2.97. The van der Waals surface area contributed by atoms with Gasteiger partial charge in [-0.15, -0.1) is 0 Å². The molecule has 2 aromatic carbocycles. The van der Waals surface area contributed by atoms with Crippen molar-refractivity contribution in [2.75, 3.05) is 56.1 Å². The highest BCUT2D eigenvalue weighted by Gasteiger charge is 2.46. The lowest BCUT2D eigenvalue weighted by Gasteiger charge is -2.45. The molecule has 4 rings (SSSR count). The summed E-state index contributed by atoms with van der Waals surface area (Å²) < 4.78 is 37.1. The maximum absolute atomic E-state index is 6.18. The standard InChI is InChI=1S/C27H42N2O6Si2/c1-7-30-36(31-8-2,32-9-3)24-13-15-26-22(17-24)19-28-21-29(26)20-23-18-25(14-16-27(23)28)37(33-10-4,34-11-5)35-12-6/h13-18H,7-12,19-21H2,1-6H3. The first-order chi connectivity index (χ1) is 18.0. The van der Waals surface area contributed by atoms with Gasteiger partial charge in [-0.25, -0.2) is 0 Å². The van der Waals surface area contributed by atoms with Crippen molar-refractivity contribution in [1.29, 1.82) is 0 Å². The Balaban J connectivity index is 1.68. The van der Waals surface area contributed by atoms with Gasteiger partial charge in [-0.2, -0.15) is 0 Å². The van der Waals surface area contributed by atoms with E-state index in [1.165, 1.54) is 22.5 Å². The summed E-state index contributed by atoms with van der Waals surface area (Å²) in [5.74, 6) is 0. The molecule has 2 aliphatic heterocycles. The molecular formula is C27H42N2O6Si2. The van der Waals surface area contributed by atoms with E-state index in [0.717, 1.165) is 30.1 Å². The molecule has 37 heavy (non-hydrogen) atoms. The van der Waals surface area contributed by atoms with Crippen LogP contribution < -0.4 is 20.2 Å². The Labute approximate surface area is 224 Å². The van der Waals surface area contributed by atoms with Gasteiger partial charge in [0, 0.05) is 74.5 Å². The third-order valence-electron chi connectivity index (χ3n) is 6.62. The molecule has 2 heterocycles. The maximum atomic E-state index is 6.18. The predicted octanol–water partition coefficient (Wildman–Crippen LogP) is 3.50. The number of fused-ring (bicyclic) bond motifs is 6. The van der Waals surface area contributed by atoms with E-state index in [4.69, 9.17) is 26.6 Å². The Morgan fingerprint density at radius 2 is 0.865 bits per heavy atom. The number of rotatable bonds is 14. The van der Waals surface area contributed by atoms with Crippen molar-refractivity contribution in [3.63, 3.8) is 0 Å². The van der Waals surface area contributed by atoms with Crippen LogP contribution in [-0.2, 0) is 39.6 Å². The molecule has 0 saturated heterocycles. The molecule has 204 valence electrons. The lowest BCUT2D eigenvalue weighted by molar-refractivity contribution is 0.0851. The van der Waals surface area contributed by atoms with Crippen molar-refractivity contribution in [1.82, 2.24) is 0 Å². The second-order valence-corrected chi connectivity index (χ2v) is 14.0. The average Bonchev–Trinajstić information content (AvgIpc) is 2.89. The summed E-state index contributed by atoms with van der Waals surface area (Å²) in [6.07, 6.45) is 0. The van der Waals surface area contributed by atoms with Crippen LogP contribution in [0.1, 0.15) is 52.7 Å². The third-order valence-corrected chi connectivity index (χ3v) is 12.7. The number of anilines is 2. The zero-order valence-corrected chi connectivity index (χ0v) is 25.2. The summed E-state index contributed by atoms with van der Waals surface area (Å²) in [6.45, 7) is 17.7. The number of nitrogens with zero attached hydrogens (tertiary/aromatic N) is 2. The molecule has 2 bridgehead atoms. The molecule has 0 N–H and O–H groups in total. The van der Waals surface area contributed by atoms with E-state index >= 15 is 0 Å². The van der Waals surface area contributed by atoms with E-state index in [1.807, 2.05) is 41.5 Å². The van der Waals surface area contributed by atoms with Gasteiger partial charge in [0.15, 0.2) is 0 Å². The third kappa shape index (κ3) is 5.53. The minimum Gasteiger partial charge on any atom is -0.370 e. The molecule has 0 radical (unpaired) electrons. The van der Waals surface area contributed by atoms with E-state index in [-0.39, 0.29) is 0 Å². The molecule has 8 nitrogen and oxygen atoms in total. The molecule has 2 aromatic rings. The van der Waals surface area contributed by atoms with Crippen molar-refractivity contribution in [2.24, 2.45) is 0 Å². The number of hydrogen-bond acceptors (Lipinski definition) is 8. The van der Waals surface area contributed by atoms with E-state index in [0.29, 0.717) is 39.6 Å². The van der Waals surface area contributed by atoms with Gasteiger partial charge in [0.25, 0.3) is 0 Å². The molecule has 0 amide bonds. The predicted molar refractivity (Wildman–Crippen MR) is 151 cm³/mol. The van der Waals surface area contributed by atoms with Crippen molar-refractivity contribution < 1.29 is 26.6 Å². The summed E-state index contributed by atoms with van der Waals surface area (Å²) >= 11 is 0. The second-order valence-electron chi connectivity index (χ2n) is 8.93. The van der Waals surface area contributed by atoms with Crippen molar-refractivity contribution in [3.8, 4) is 0 Å². The molecule has 0 aromatic heterocycles. The summed E-state index contributed by atoms with van der Waals surface area (Å²) in [6, 6.07) is 13.1. The highest BCUT2D eigenvalue weighted by atomic mass is 28.4. The van der Waals surface area contributed by atoms with E-state index in [2.05, 4.69) is 46.2 Å². The quantitative estimate of drug-likeness (QED) is 0.334. The molecule has 0 atom stereocenters. The molecular weight excluding hydrogens is 504 g/mol. The van der Waals surface area contributed by atoms with Gasteiger partial charge in [-0.3, -0.25) is 0 Å². The van der Waals surface area contributed by atoms with Gasteiger partial charge < -0.3 is 36.4 Å². The van der Waals surface area contributed by atoms with Crippen LogP contribution in [0.4, 0.5) is 11.4 Å². The van der Waals surface area contributed by atoms with Crippen LogP contribution in [0.2, 0.25) is 0 Å². The van der Waals surface area contributed by atoms with E-state index in [1.54, 1.807) is 0 Å². The summed E-state index contributed by atoms with van der Waals surface area (Å²) in [7, 11) is -5.93. The molecule has 0 unspecified atom stereocenters. The SMILES string of the molecule is CCO[Si](OCC)(OCC)c1ccc2c(c1)CN1CN2Cc2cc([Si](OCC)(OCC)OCC)ccc21. The molecule has 10 heteroatoms. The first-order valence-corrected chi connectivity index (χ1v) is 17.0. The smallest absolute Gasteiger partial charge is 0.370 e. The first kappa shape index (κ1) is 28.2. The Bertz CT molecular complexity index is 940. The fourth-order valence-corrected chi connectivity index (χ4v) is 10.4. The first-order valence-electron chi connectivity index (χ1n) is 13.6. The van der Waals surface area contributed by atoms with E-state index < -0.39 is 17.6 Å². The van der Waals surface area contributed by atoms with Crippen LogP contribution in [0, 0.1) is 0 Å². The fourth-order valence-electron chi connectivity index (χ4n) is 5.35. The summed E-state index contributed by atoms with van der Waals surface area (Å²) in [4.78, 5) is 4.84. The lowest BCUT2D eigenvalue weighted by atomic mass is 10.0. The minimum absolute atomic E-state index is 0.549. The molecule has 0 aliphatic carbocycles. The highest BCUT2D eigenvalue weighted by Crippen LogP contribution is 2.37. The van der Waals surface area contributed by atoms with Gasteiger partial charge in [-0.05, 0) is 76.9 Å². The summed E-state index contributed by atoms with van der Waals surface area (Å²) in [5, 5.41) is 2.05. The van der Waals surface area contributed by atoms with Crippen LogP contribution in [0.25, 0.3) is 0 Å². The topological polar surface area (TPSA) is 61.9 Å². The van der Waals surface area contributed by atoms with Gasteiger partial charge >= 0.3 is 17.6 Å². The Morgan fingerprint density at radius 3 is 1.16 bits per heavy atom. The maximum Gasteiger partial charge on any atom is 0.537 e. The number of hydrogen-bond donors (Lipinski definition) is 0. The van der Waals surface area contributed by atoms with Crippen LogP contribution in [-0.4, -0.2) is 63.9 Å². The van der Waals surface area contributed by atoms with Gasteiger partial charge in [-0.1, -0.05) is 12.1 Å². The molecule has 0 fully saturated rings. The van der Waals surface area contributed by atoms with Gasteiger partial charge in [0.05, 0.1) is 6.67 Å². The summed E-state index contributed by atoms with van der Waals surface area (Å²) in [5.41, 5.74) is 5.00. The Kier molecular flexibility index (Phi) is 9.46. The normalized spacial score (nSPS) is 15.1. The number of benzene rings is 2. The largest absolute Gasteiger partial charge is 0.537 e.